The molecule has 1 saturated heterocycles. The van der Waals surface area contributed by atoms with Crippen molar-refractivity contribution in [1.29, 1.82) is 0 Å². The van der Waals surface area contributed by atoms with Crippen LogP contribution in [0.2, 0.25) is 0 Å². The number of nitrogens with one attached hydrogen (secondary N) is 2. The summed E-state index contributed by atoms with van der Waals surface area (Å²) in [5, 5.41) is 17.6. The van der Waals surface area contributed by atoms with Gasteiger partial charge in [-0.05, 0) is 23.6 Å². The number of benzene rings is 2. The average Bonchev–Trinajstić information content (AvgIpc) is 2.77. The number of morpholine rings is 1. The van der Waals surface area contributed by atoms with Gasteiger partial charge in [0.15, 0.2) is 5.96 Å². The van der Waals surface area contributed by atoms with Crippen LogP contribution in [0.5, 0.6) is 0 Å². The molecule has 9 heteroatoms. The second-order valence-electron chi connectivity index (χ2n) is 7.25. The van der Waals surface area contributed by atoms with Crippen LogP contribution < -0.4 is 10.6 Å². The van der Waals surface area contributed by atoms with Crippen molar-refractivity contribution in [3.8, 4) is 0 Å². The molecule has 1 aliphatic heterocycles. The summed E-state index contributed by atoms with van der Waals surface area (Å²) in [6.07, 6.45) is 0. The Morgan fingerprint density at radius 3 is 2.52 bits per heavy atom. The predicted molar refractivity (Wildman–Crippen MR) is 133 cm³/mol. The Balaban J connectivity index is 0.00000341. The molecular formula is C22H30IN5O3. The number of non-ortho nitro benzene ring substituents is 1. The van der Waals surface area contributed by atoms with Gasteiger partial charge in [0.25, 0.3) is 5.69 Å². The summed E-state index contributed by atoms with van der Waals surface area (Å²) in [7, 11) is 0. The molecule has 168 valence electrons. The van der Waals surface area contributed by atoms with Gasteiger partial charge in [-0.25, -0.2) is 4.99 Å². The number of aryl methyl sites for hydroxylation is 1. The van der Waals surface area contributed by atoms with Crippen LogP contribution in [0.3, 0.4) is 0 Å². The van der Waals surface area contributed by atoms with Gasteiger partial charge in [0.2, 0.25) is 0 Å². The van der Waals surface area contributed by atoms with Crippen molar-refractivity contribution in [2.75, 3.05) is 39.4 Å². The van der Waals surface area contributed by atoms with Crippen LogP contribution in [0, 0.1) is 17.0 Å². The van der Waals surface area contributed by atoms with E-state index >= 15 is 0 Å². The first kappa shape index (κ1) is 25.0. The molecule has 8 nitrogen and oxygen atoms in total. The predicted octanol–water partition coefficient (Wildman–Crippen LogP) is 3.09. The molecule has 0 bridgehead atoms. The van der Waals surface area contributed by atoms with Crippen LogP contribution in [0.15, 0.2) is 53.5 Å². The fraction of sp³-hybridized carbons (Fsp3) is 0.409. The molecule has 0 radical (unpaired) electrons. The average molecular weight is 539 g/mol. The maximum atomic E-state index is 10.8. The summed E-state index contributed by atoms with van der Waals surface area (Å²) in [5.41, 5.74) is 3.46. The third-order valence-corrected chi connectivity index (χ3v) is 5.10. The first-order valence-electron chi connectivity index (χ1n) is 10.2. The number of halogens is 1. The number of nitro groups is 1. The van der Waals surface area contributed by atoms with Gasteiger partial charge < -0.3 is 15.4 Å². The summed E-state index contributed by atoms with van der Waals surface area (Å²) in [5.74, 6) is 0.727. The Bertz CT molecular complexity index is 854. The molecular weight excluding hydrogens is 509 g/mol. The highest BCUT2D eigenvalue weighted by Gasteiger charge is 2.10. The maximum absolute atomic E-state index is 10.8. The molecule has 0 aliphatic carbocycles. The maximum Gasteiger partial charge on any atom is 0.269 e. The van der Waals surface area contributed by atoms with E-state index in [9.17, 15) is 10.1 Å². The van der Waals surface area contributed by atoms with Crippen molar-refractivity contribution in [1.82, 2.24) is 15.5 Å². The number of nitrogens with zero attached hydrogens (tertiary/aromatic N) is 3. The van der Waals surface area contributed by atoms with E-state index in [4.69, 9.17) is 4.74 Å². The molecule has 2 N–H and O–H groups in total. The fourth-order valence-corrected chi connectivity index (χ4v) is 3.21. The summed E-state index contributed by atoms with van der Waals surface area (Å²) >= 11 is 0. The van der Waals surface area contributed by atoms with Gasteiger partial charge in [0, 0.05) is 44.9 Å². The number of nitro benzene ring substituents is 1. The van der Waals surface area contributed by atoms with E-state index in [1.54, 1.807) is 12.1 Å². The van der Waals surface area contributed by atoms with E-state index in [1.165, 1.54) is 23.3 Å². The minimum absolute atomic E-state index is 0. The van der Waals surface area contributed by atoms with Gasteiger partial charge in [-0.2, -0.15) is 0 Å². The third kappa shape index (κ3) is 8.42. The highest BCUT2D eigenvalue weighted by Crippen LogP contribution is 2.12. The summed E-state index contributed by atoms with van der Waals surface area (Å²) in [4.78, 5) is 17.5. The molecule has 0 atom stereocenters. The Labute approximate surface area is 200 Å². The Hall–Kier alpha value is -2.24. The van der Waals surface area contributed by atoms with Crippen LogP contribution in [0.25, 0.3) is 0 Å². The normalized spacial score (nSPS) is 14.5. The van der Waals surface area contributed by atoms with Crippen LogP contribution in [-0.4, -0.2) is 55.2 Å². The molecule has 0 amide bonds. The van der Waals surface area contributed by atoms with Crippen molar-refractivity contribution in [2.24, 2.45) is 4.99 Å². The highest BCUT2D eigenvalue weighted by atomic mass is 127. The van der Waals surface area contributed by atoms with E-state index < -0.39 is 4.92 Å². The molecule has 3 rings (SSSR count). The van der Waals surface area contributed by atoms with Crippen molar-refractivity contribution in [2.45, 2.75) is 20.0 Å². The van der Waals surface area contributed by atoms with E-state index in [2.05, 4.69) is 39.6 Å². The summed E-state index contributed by atoms with van der Waals surface area (Å²) in [6.45, 7) is 8.39. The molecule has 1 fully saturated rings. The molecule has 1 aliphatic rings. The molecule has 0 unspecified atom stereocenters. The van der Waals surface area contributed by atoms with E-state index in [-0.39, 0.29) is 29.7 Å². The van der Waals surface area contributed by atoms with Gasteiger partial charge >= 0.3 is 0 Å². The largest absolute Gasteiger partial charge is 0.379 e. The van der Waals surface area contributed by atoms with Crippen LogP contribution in [-0.2, 0) is 17.8 Å². The Kier molecular flexibility index (Phi) is 10.7. The third-order valence-electron chi connectivity index (χ3n) is 5.10. The van der Waals surface area contributed by atoms with Gasteiger partial charge in [-0.15, -0.1) is 24.0 Å². The second kappa shape index (κ2) is 13.2. The molecule has 0 saturated carbocycles. The van der Waals surface area contributed by atoms with Gasteiger partial charge in [0.1, 0.15) is 0 Å². The lowest BCUT2D eigenvalue weighted by Crippen LogP contribution is -2.44. The van der Waals surface area contributed by atoms with Crippen LogP contribution >= 0.6 is 24.0 Å². The van der Waals surface area contributed by atoms with Gasteiger partial charge in [0.05, 0.1) is 24.7 Å². The van der Waals surface area contributed by atoms with Crippen molar-refractivity contribution in [3.63, 3.8) is 0 Å². The first-order chi connectivity index (χ1) is 14.6. The van der Waals surface area contributed by atoms with Gasteiger partial charge in [-0.3, -0.25) is 15.0 Å². The van der Waals surface area contributed by atoms with Crippen molar-refractivity contribution in [3.05, 3.63) is 75.3 Å². The minimum Gasteiger partial charge on any atom is -0.379 e. The second-order valence-corrected chi connectivity index (χ2v) is 7.25. The quantitative estimate of drug-likeness (QED) is 0.176. The monoisotopic (exact) mass is 539 g/mol. The number of hydrogen-bond acceptors (Lipinski definition) is 5. The number of hydrogen-bond donors (Lipinski definition) is 2. The Morgan fingerprint density at radius 1 is 1.13 bits per heavy atom. The first-order valence-corrected chi connectivity index (χ1v) is 10.2. The molecule has 2 aromatic carbocycles. The zero-order valence-electron chi connectivity index (χ0n) is 17.8. The number of ether oxygens (including phenoxy) is 1. The van der Waals surface area contributed by atoms with E-state index in [0.29, 0.717) is 13.1 Å². The highest BCUT2D eigenvalue weighted by molar-refractivity contribution is 14.0. The van der Waals surface area contributed by atoms with Gasteiger partial charge in [-0.1, -0.05) is 36.4 Å². The molecule has 1 heterocycles. The lowest BCUT2D eigenvalue weighted by Gasteiger charge is -2.26. The topological polar surface area (TPSA) is 92.0 Å². The number of rotatable bonds is 8. The van der Waals surface area contributed by atoms with Crippen LogP contribution in [0.4, 0.5) is 5.69 Å². The van der Waals surface area contributed by atoms with E-state index in [1.807, 2.05) is 12.1 Å². The molecule has 0 aromatic heterocycles. The lowest BCUT2D eigenvalue weighted by atomic mass is 10.1. The molecule has 0 spiro atoms. The molecule has 31 heavy (non-hydrogen) atoms. The smallest absolute Gasteiger partial charge is 0.269 e. The standard InChI is InChI=1S/C22H29N5O3.HI/c1-18-4-2-3-5-20(18)17-25-22(23-10-11-26-12-14-30-15-13-26)24-16-19-6-8-21(9-7-19)27(28)29;/h2-9H,10-17H2,1H3,(H2,23,24,25);1H. The zero-order chi connectivity index (χ0) is 21.2. The molecule has 2 aromatic rings. The zero-order valence-corrected chi connectivity index (χ0v) is 20.1. The minimum atomic E-state index is -0.393. The number of guanidine groups is 1. The Morgan fingerprint density at radius 2 is 1.84 bits per heavy atom. The summed E-state index contributed by atoms with van der Waals surface area (Å²) in [6, 6.07) is 14.8. The fourth-order valence-electron chi connectivity index (χ4n) is 3.21. The number of aliphatic imine (C=N–C) groups is 1. The SMILES string of the molecule is Cc1ccccc1CNC(=NCc1ccc([N+](=O)[O-])cc1)NCCN1CCOCC1.I. The van der Waals surface area contributed by atoms with E-state index in [0.717, 1.165) is 50.9 Å². The summed E-state index contributed by atoms with van der Waals surface area (Å²) < 4.78 is 5.40. The lowest BCUT2D eigenvalue weighted by molar-refractivity contribution is -0.384. The van der Waals surface area contributed by atoms with Crippen molar-refractivity contribution < 1.29 is 9.66 Å². The van der Waals surface area contributed by atoms with Crippen molar-refractivity contribution >= 4 is 35.6 Å². The van der Waals surface area contributed by atoms with Crippen LogP contribution in [0.1, 0.15) is 16.7 Å².